The highest BCUT2D eigenvalue weighted by Crippen LogP contribution is 2.31. The maximum atomic E-state index is 11.4. The van der Waals surface area contributed by atoms with Crippen molar-refractivity contribution in [1.82, 2.24) is 0 Å². The number of sulfone groups is 1. The smallest absolute Gasteiger partial charge is 0.329 e. The van der Waals surface area contributed by atoms with Gasteiger partial charge in [0.15, 0.2) is 14.7 Å². The third-order valence-electron chi connectivity index (χ3n) is 3.44. The Morgan fingerprint density at radius 1 is 1.00 bits per heavy atom. The maximum Gasteiger partial charge on any atom is 0.329 e. The molecule has 0 saturated heterocycles. The normalized spacial score (nSPS) is 14.3. The fourth-order valence-electron chi connectivity index (χ4n) is 1.99. The molecule has 4 nitrogen and oxygen atoms in total. The number of carbonyl (C=O) groups is 1. The number of hydrogen-bond acceptors (Lipinski definition) is 3. The SMILES string of the molecule is CC(Cl)(C(=O)O)c1ccc(-c2ccc(S(C)(=O)=O)cc2)cc1. The second-order valence-corrected chi connectivity index (χ2v) is 7.95. The van der Waals surface area contributed by atoms with E-state index in [0.29, 0.717) is 5.56 Å². The number of benzene rings is 2. The number of hydrogen-bond donors (Lipinski definition) is 1. The molecule has 0 aliphatic carbocycles. The molecule has 0 heterocycles. The molecule has 0 aliphatic heterocycles. The Labute approximate surface area is 134 Å². The number of rotatable bonds is 4. The molecule has 116 valence electrons. The quantitative estimate of drug-likeness (QED) is 0.868. The lowest BCUT2D eigenvalue weighted by Crippen LogP contribution is -2.25. The topological polar surface area (TPSA) is 71.4 Å². The molecule has 1 atom stereocenters. The van der Waals surface area contributed by atoms with Crippen LogP contribution in [-0.2, 0) is 19.5 Å². The van der Waals surface area contributed by atoms with Gasteiger partial charge in [-0.25, -0.2) is 13.2 Å². The van der Waals surface area contributed by atoms with Crippen LogP contribution in [0.1, 0.15) is 12.5 Å². The van der Waals surface area contributed by atoms with E-state index in [0.717, 1.165) is 17.4 Å². The number of alkyl halides is 1. The largest absolute Gasteiger partial charge is 0.480 e. The van der Waals surface area contributed by atoms with E-state index in [-0.39, 0.29) is 4.90 Å². The third-order valence-corrected chi connectivity index (χ3v) is 4.95. The molecule has 2 rings (SSSR count). The zero-order chi connectivity index (χ0) is 16.5. The van der Waals surface area contributed by atoms with Gasteiger partial charge in [0.2, 0.25) is 0 Å². The van der Waals surface area contributed by atoms with Gasteiger partial charge in [0.1, 0.15) is 0 Å². The molecule has 0 radical (unpaired) electrons. The van der Waals surface area contributed by atoms with Crippen LogP contribution in [0.5, 0.6) is 0 Å². The Morgan fingerprint density at radius 3 is 1.77 bits per heavy atom. The molecule has 22 heavy (non-hydrogen) atoms. The van der Waals surface area contributed by atoms with Crippen LogP contribution >= 0.6 is 11.6 Å². The molecule has 6 heteroatoms. The summed E-state index contributed by atoms with van der Waals surface area (Å²) in [5.41, 5.74) is 2.17. The molecule has 0 saturated carbocycles. The molecule has 0 aromatic heterocycles. The van der Waals surface area contributed by atoms with E-state index in [2.05, 4.69) is 0 Å². The van der Waals surface area contributed by atoms with Crippen LogP contribution in [0.2, 0.25) is 0 Å². The number of carboxylic acid groups (broad SMARTS) is 1. The molecular formula is C16H15ClO4S. The highest BCUT2D eigenvalue weighted by molar-refractivity contribution is 7.90. The van der Waals surface area contributed by atoms with E-state index in [9.17, 15) is 13.2 Å². The molecule has 0 amide bonds. The second kappa shape index (κ2) is 5.74. The van der Waals surface area contributed by atoms with Crippen molar-refractivity contribution in [1.29, 1.82) is 0 Å². The predicted octanol–water partition coefficient (Wildman–Crippen LogP) is 3.30. The summed E-state index contributed by atoms with van der Waals surface area (Å²) in [6.07, 6.45) is 1.16. The van der Waals surface area contributed by atoms with E-state index >= 15 is 0 Å². The lowest BCUT2D eigenvalue weighted by Gasteiger charge is -2.17. The maximum absolute atomic E-state index is 11.4. The van der Waals surface area contributed by atoms with E-state index in [1.807, 2.05) is 0 Å². The van der Waals surface area contributed by atoms with Gasteiger partial charge < -0.3 is 5.11 Å². The van der Waals surface area contributed by atoms with Crippen molar-refractivity contribution < 1.29 is 18.3 Å². The summed E-state index contributed by atoms with van der Waals surface area (Å²) in [4.78, 5) is 9.90. The summed E-state index contributed by atoms with van der Waals surface area (Å²) in [6.45, 7) is 1.42. The summed E-state index contributed by atoms with van der Waals surface area (Å²) in [5.74, 6) is -1.11. The van der Waals surface area contributed by atoms with Gasteiger partial charge in [-0.05, 0) is 35.7 Å². The van der Waals surface area contributed by atoms with Crippen LogP contribution in [0, 0.1) is 0 Å². The van der Waals surface area contributed by atoms with Crippen molar-refractivity contribution >= 4 is 27.4 Å². The fourth-order valence-corrected chi connectivity index (χ4v) is 2.75. The van der Waals surface area contributed by atoms with E-state index in [4.69, 9.17) is 16.7 Å². The number of aliphatic carboxylic acids is 1. The van der Waals surface area contributed by atoms with Crippen LogP contribution in [0.15, 0.2) is 53.4 Å². The van der Waals surface area contributed by atoms with Crippen molar-refractivity contribution in [3.8, 4) is 11.1 Å². The molecule has 0 bridgehead atoms. The van der Waals surface area contributed by atoms with Gasteiger partial charge in [-0.3, -0.25) is 0 Å². The fraction of sp³-hybridized carbons (Fsp3) is 0.188. The van der Waals surface area contributed by atoms with Gasteiger partial charge >= 0.3 is 5.97 Å². The molecular weight excluding hydrogens is 324 g/mol. The van der Waals surface area contributed by atoms with Gasteiger partial charge in [-0.1, -0.05) is 36.4 Å². The lowest BCUT2D eigenvalue weighted by molar-refractivity contribution is -0.139. The van der Waals surface area contributed by atoms with Gasteiger partial charge in [0, 0.05) is 6.26 Å². The van der Waals surface area contributed by atoms with Crippen molar-refractivity contribution in [2.24, 2.45) is 0 Å². The zero-order valence-corrected chi connectivity index (χ0v) is 13.6. The second-order valence-electron chi connectivity index (χ2n) is 5.18. The first kappa shape index (κ1) is 16.5. The van der Waals surface area contributed by atoms with Gasteiger partial charge in [0.05, 0.1) is 4.90 Å². The first-order valence-electron chi connectivity index (χ1n) is 6.46. The minimum absolute atomic E-state index is 0.257. The highest BCUT2D eigenvalue weighted by Gasteiger charge is 2.32. The van der Waals surface area contributed by atoms with Crippen LogP contribution in [0.25, 0.3) is 11.1 Å². The lowest BCUT2D eigenvalue weighted by atomic mass is 9.97. The first-order chi connectivity index (χ1) is 10.1. The van der Waals surface area contributed by atoms with Crippen LogP contribution in [0.4, 0.5) is 0 Å². The molecule has 0 fully saturated rings. The van der Waals surface area contributed by atoms with Crippen molar-refractivity contribution in [3.05, 3.63) is 54.1 Å². The summed E-state index contributed by atoms with van der Waals surface area (Å²) in [5, 5.41) is 9.10. The molecule has 2 aromatic carbocycles. The third kappa shape index (κ3) is 3.31. The summed E-state index contributed by atoms with van der Waals surface area (Å²) >= 11 is 6.00. The average Bonchev–Trinajstić information content (AvgIpc) is 2.46. The Morgan fingerprint density at radius 2 is 1.41 bits per heavy atom. The zero-order valence-electron chi connectivity index (χ0n) is 12.1. The van der Waals surface area contributed by atoms with Gasteiger partial charge in [-0.2, -0.15) is 0 Å². The van der Waals surface area contributed by atoms with Crippen molar-refractivity contribution in [2.45, 2.75) is 16.7 Å². The number of halogens is 1. The van der Waals surface area contributed by atoms with Gasteiger partial charge in [-0.15, -0.1) is 11.6 Å². The van der Waals surface area contributed by atoms with Crippen LogP contribution in [0.3, 0.4) is 0 Å². The summed E-state index contributed by atoms with van der Waals surface area (Å²) in [7, 11) is -3.22. The van der Waals surface area contributed by atoms with E-state index in [1.165, 1.54) is 6.92 Å². The standard InChI is InChI=1S/C16H15ClO4S/c1-16(17,15(18)19)13-7-3-11(4-8-13)12-5-9-14(10-6-12)22(2,20)21/h3-10H,1-2H3,(H,18,19). The predicted molar refractivity (Wildman–Crippen MR) is 85.8 cm³/mol. The van der Waals surface area contributed by atoms with Crippen LogP contribution in [-0.4, -0.2) is 25.7 Å². The van der Waals surface area contributed by atoms with E-state index < -0.39 is 20.7 Å². The van der Waals surface area contributed by atoms with E-state index in [1.54, 1.807) is 48.5 Å². The number of carboxylic acids is 1. The van der Waals surface area contributed by atoms with Crippen molar-refractivity contribution in [3.63, 3.8) is 0 Å². The Kier molecular flexibility index (Phi) is 4.31. The minimum atomic E-state index is -3.22. The highest BCUT2D eigenvalue weighted by atomic mass is 35.5. The first-order valence-corrected chi connectivity index (χ1v) is 8.72. The monoisotopic (exact) mass is 338 g/mol. The Balaban J connectivity index is 2.34. The molecule has 1 N–H and O–H groups in total. The molecule has 0 aliphatic rings. The summed E-state index contributed by atoms with van der Waals surface area (Å²) in [6, 6.07) is 13.3. The Bertz CT molecular complexity index is 791. The summed E-state index contributed by atoms with van der Waals surface area (Å²) < 4.78 is 22.9. The molecule has 0 spiro atoms. The Hall–Kier alpha value is -1.85. The average molecular weight is 339 g/mol. The van der Waals surface area contributed by atoms with Crippen molar-refractivity contribution in [2.75, 3.05) is 6.26 Å². The van der Waals surface area contributed by atoms with Gasteiger partial charge in [0.25, 0.3) is 0 Å². The molecule has 1 unspecified atom stereocenters. The van der Waals surface area contributed by atoms with Crippen LogP contribution < -0.4 is 0 Å². The minimum Gasteiger partial charge on any atom is -0.480 e. The molecule has 2 aromatic rings.